The van der Waals surface area contributed by atoms with Crippen molar-refractivity contribution in [2.45, 2.75) is 195 Å². The topological polar surface area (TPSA) is 374 Å². The number of carboxylic acid groups (broad SMARTS) is 1. The van der Waals surface area contributed by atoms with E-state index in [1.165, 1.54) is 31.1 Å². The number of nitrogens with two attached hydrogens (primary N) is 3. The van der Waals surface area contributed by atoms with Gasteiger partial charge in [-0.3, -0.25) is 24.1 Å². The second kappa shape index (κ2) is 39.9. The number of methoxy groups -OCH3 is 2. The molecule has 598 valence electrons. The van der Waals surface area contributed by atoms with Crippen LogP contribution in [0.3, 0.4) is 0 Å². The number of halogens is 1. The number of likely N-dealkylation sites (N-methyl/N-ethyl adjacent to an activating group) is 2. The highest BCUT2D eigenvalue weighted by atomic mass is 127. The van der Waals surface area contributed by atoms with Gasteiger partial charge in [-0.25, -0.2) is 4.79 Å². The van der Waals surface area contributed by atoms with E-state index in [4.69, 9.17) is 51.5 Å². The van der Waals surface area contributed by atoms with Gasteiger partial charge in [0.1, 0.15) is 35.8 Å². The highest BCUT2D eigenvalue weighted by molar-refractivity contribution is 14.1. The summed E-state index contributed by atoms with van der Waals surface area (Å²) in [5, 5.41) is 80.8. The summed E-state index contributed by atoms with van der Waals surface area (Å²) in [6, 6.07) is 14.1. The lowest BCUT2D eigenvalue weighted by atomic mass is 9.45. The molecule has 6 saturated carbocycles. The Hall–Kier alpha value is -5.77. The van der Waals surface area contributed by atoms with Crippen molar-refractivity contribution < 1.29 is 73.9 Å². The fourth-order valence-electron chi connectivity index (χ4n) is 17.5. The van der Waals surface area contributed by atoms with E-state index in [9.17, 15) is 39.6 Å². The first kappa shape index (κ1) is 90.1. The number of carboxylic acids is 1. The standard InChI is InChI=1S/C40H63N5O6.C25H37IN2O5.C8H20N2.C7H8BNO4/c1-23(2)16-30(21-44(8)9)42-35(48)15-14-27(17-24(3)41)31-13-11-12-28(38(31)50-10)20-45-37(36(26(5)47)34(22-46)51-45)39(49)43-33-19-29-18-32(25(33)4)40(29,6)7;1-13-17-9-16(25(17,3)4)10-19(13)27-24(31)22-21(14(2)30)20(12-29)33-28(22)11-15-7-6-8-18(26)23(15)32-5;1-7(2)5-8(9)6-10(3)4;9-6-2-4(7(10)11)1-5(3-6)8(12)13/h11-15,17,23,25-26,29-30,32-34,36-37,46-47H,3,16,18-22,41H2,1-2,4-10H3,(H,42,48)(H,43,49);6-8,13-14,16-17,19-22,29-30H,9-12H2,1-5H3,(H,27,31);7-8H,5-6,9H2,1-4H3;1-3,12-13H,9H2,(H,10,11)/b15-14+,27-17+;;;/t25-,26-,29+,30-,32-,33-,34-,36+,37-;13-,14-,16+,17-,19-,20-,21+,22-;8-;/m000./s1. The van der Waals surface area contributed by atoms with Gasteiger partial charge in [0.25, 0.3) is 0 Å². The van der Waals surface area contributed by atoms with Crippen LogP contribution in [-0.2, 0) is 37.1 Å². The second-order valence-electron chi connectivity index (χ2n) is 33.2. The molecule has 6 aliphatic carbocycles. The molecule has 18 atom stereocenters. The number of hydrogen-bond donors (Lipinski definition) is 13. The fraction of sp³-hybridized carbons (Fsp3) is 0.650. The number of aromatic carboxylic acids is 1. The molecule has 2 saturated heterocycles. The lowest BCUT2D eigenvalue weighted by Gasteiger charge is -2.62. The number of rotatable bonds is 29. The number of anilines is 1. The number of fused-ring (bicyclic) bond motifs is 4. The molecule has 11 rings (SSSR count). The van der Waals surface area contributed by atoms with Crippen molar-refractivity contribution >= 4 is 70.1 Å². The molecule has 2 heterocycles. The second-order valence-corrected chi connectivity index (χ2v) is 34.4. The molecule has 4 bridgehead atoms. The Labute approximate surface area is 650 Å². The van der Waals surface area contributed by atoms with Gasteiger partial charge >= 0.3 is 13.1 Å². The highest BCUT2D eigenvalue weighted by Gasteiger charge is 2.59. The molecule has 25 nitrogen and oxygen atoms in total. The van der Waals surface area contributed by atoms with Gasteiger partial charge in [-0.15, -0.1) is 0 Å². The molecule has 3 aromatic carbocycles. The molecule has 27 heteroatoms. The van der Waals surface area contributed by atoms with E-state index in [1.54, 1.807) is 50.3 Å². The minimum absolute atomic E-state index is 0.00963. The SMILES string of the molecule is C=C(N)/C=C(\C=C\C(=O)N[C@@H](CC(C)C)CN(C)C)c1cccc(CN2O[C@@H](CO)[C@@H]([C@H](C)O)[C@H]2C(=O)N[C@H]2C[C@H]3C[C@@H]([C@@H]2C)C3(C)C)c1OC.CC(C)C[C@H](N)CN(C)C.COc1c(I)cccc1CN1O[C@@H](CO)[C@@H]([C@H](C)O)[C@H]1C(=O)N[C@H]1C[C@H]2C[C@@H]([C@@H]1C)C2(C)C.Nc1cc(B(O)O)cc(C(=O)O)c1. The zero-order valence-corrected chi connectivity index (χ0v) is 68.7. The maximum absolute atomic E-state index is 14.2. The number of carbonyl (C=O) groups excluding carboxylic acids is 3. The maximum atomic E-state index is 14.2. The van der Waals surface area contributed by atoms with Crippen LogP contribution in [0.15, 0.2) is 85.1 Å². The summed E-state index contributed by atoms with van der Waals surface area (Å²) in [4.78, 5) is 67.9. The van der Waals surface area contributed by atoms with E-state index < -0.39 is 61.4 Å². The van der Waals surface area contributed by atoms with Gasteiger partial charge in [0.15, 0.2) is 0 Å². The lowest BCUT2D eigenvalue weighted by molar-refractivity contribution is -0.183. The summed E-state index contributed by atoms with van der Waals surface area (Å²) >= 11 is 2.22. The Morgan fingerprint density at radius 1 is 0.720 bits per heavy atom. The number of amides is 3. The third kappa shape index (κ3) is 23.4. The van der Waals surface area contributed by atoms with E-state index in [2.05, 4.69) is 138 Å². The Balaban J connectivity index is 0.000000269. The van der Waals surface area contributed by atoms with Gasteiger partial charge in [-0.2, -0.15) is 10.1 Å². The van der Waals surface area contributed by atoms with Crippen LogP contribution in [0.1, 0.15) is 149 Å². The van der Waals surface area contributed by atoms with Crippen LogP contribution in [-0.4, -0.2) is 216 Å². The van der Waals surface area contributed by atoms with Gasteiger partial charge in [0, 0.05) is 83.2 Å². The van der Waals surface area contributed by atoms with Crippen LogP contribution in [0.5, 0.6) is 11.5 Å². The van der Waals surface area contributed by atoms with Gasteiger partial charge in [-0.05, 0) is 209 Å². The van der Waals surface area contributed by atoms with Gasteiger partial charge < -0.3 is 88.0 Å². The first-order chi connectivity index (χ1) is 50.1. The Kier molecular flexibility index (Phi) is 33.6. The summed E-state index contributed by atoms with van der Waals surface area (Å²) in [5.74, 6) is 2.55. The average Bonchev–Trinajstić information content (AvgIpc) is 1.35. The highest BCUT2D eigenvalue weighted by Crippen LogP contribution is 2.62. The van der Waals surface area contributed by atoms with Crippen LogP contribution < -0.4 is 48.1 Å². The normalized spacial score (nSPS) is 27.4. The van der Waals surface area contributed by atoms with Gasteiger partial charge in [0.2, 0.25) is 17.7 Å². The summed E-state index contributed by atoms with van der Waals surface area (Å²) < 4.78 is 12.5. The predicted octanol–water partition coefficient (Wildman–Crippen LogP) is 6.39. The zero-order chi connectivity index (χ0) is 80.0. The van der Waals surface area contributed by atoms with Gasteiger partial charge in [-0.1, -0.05) is 106 Å². The molecule has 107 heavy (non-hydrogen) atoms. The summed E-state index contributed by atoms with van der Waals surface area (Å²) in [6.45, 7) is 31.2. The predicted molar refractivity (Wildman–Crippen MR) is 428 cm³/mol. The molecular weight excluding hydrogens is 1480 g/mol. The first-order valence-electron chi connectivity index (χ1n) is 37.8. The molecule has 3 aromatic rings. The van der Waals surface area contributed by atoms with E-state index in [0.717, 1.165) is 65.6 Å². The number of ether oxygens (including phenoxy) is 2. The number of para-hydroxylation sites is 2. The Morgan fingerprint density at radius 3 is 1.58 bits per heavy atom. The quantitative estimate of drug-likeness (QED) is 0.0118. The lowest BCUT2D eigenvalue weighted by Crippen LogP contribution is -2.62. The third-order valence-corrected chi connectivity index (χ3v) is 23.8. The molecular formula is C80H128BIN10O15. The smallest absolute Gasteiger partial charge is 0.488 e. The van der Waals surface area contributed by atoms with Gasteiger partial charge in [0.05, 0.1) is 61.9 Å². The number of allylic oxidation sites excluding steroid dienone is 3. The average molecular weight is 1610 g/mol. The molecule has 0 radical (unpaired) electrons. The molecule has 2 aliphatic heterocycles. The third-order valence-electron chi connectivity index (χ3n) is 23.0. The van der Waals surface area contributed by atoms with Crippen molar-refractivity contribution in [1.82, 2.24) is 35.9 Å². The minimum Gasteiger partial charge on any atom is -0.496 e. The summed E-state index contributed by atoms with van der Waals surface area (Å²) in [5.41, 5.74) is 21.2. The summed E-state index contributed by atoms with van der Waals surface area (Å²) in [6.07, 6.45) is 8.05. The van der Waals surface area contributed by atoms with E-state index in [1.807, 2.05) is 50.5 Å². The maximum Gasteiger partial charge on any atom is 0.488 e. The molecule has 8 fully saturated rings. The number of nitrogens with one attached hydrogen (secondary N) is 3. The van der Waals surface area contributed by atoms with Crippen LogP contribution >= 0.6 is 22.6 Å². The van der Waals surface area contributed by atoms with Crippen LogP contribution in [0.4, 0.5) is 5.69 Å². The molecule has 0 unspecified atom stereocenters. The zero-order valence-electron chi connectivity index (χ0n) is 66.5. The number of aliphatic hydroxyl groups is 4. The van der Waals surface area contributed by atoms with Crippen molar-refractivity contribution in [1.29, 1.82) is 0 Å². The number of benzene rings is 3. The number of aliphatic hydroxyl groups excluding tert-OH is 4. The number of nitrogen functional groups attached to an aromatic ring is 1. The largest absolute Gasteiger partial charge is 0.496 e. The molecule has 16 N–H and O–H groups in total. The van der Waals surface area contributed by atoms with Crippen LogP contribution in [0.2, 0.25) is 0 Å². The molecule has 3 amide bonds. The van der Waals surface area contributed by atoms with Crippen molar-refractivity contribution in [2.75, 3.05) is 74.4 Å². The molecule has 8 aliphatic rings. The number of carbonyl (C=O) groups is 4. The van der Waals surface area contributed by atoms with Crippen molar-refractivity contribution in [3.05, 3.63) is 111 Å². The van der Waals surface area contributed by atoms with E-state index >= 15 is 0 Å². The number of hydrogen-bond acceptors (Lipinski definition) is 21. The number of nitrogens with zero attached hydrogens (tertiary/aromatic N) is 4. The number of hydroxylamine groups is 4. The minimum atomic E-state index is -1.71. The van der Waals surface area contributed by atoms with Crippen LogP contribution in [0, 0.1) is 73.6 Å². The monoisotopic (exact) mass is 1610 g/mol. The van der Waals surface area contributed by atoms with Crippen molar-refractivity contribution in [3.63, 3.8) is 0 Å². The van der Waals surface area contributed by atoms with E-state index in [-0.39, 0.29) is 77.7 Å². The molecule has 0 spiro atoms. The Morgan fingerprint density at radius 2 is 1.19 bits per heavy atom. The molecule has 0 aromatic heterocycles. The Bertz CT molecular complexity index is 3480. The first-order valence-corrected chi connectivity index (χ1v) is 38.9. The summed E-state index contributed by atoms with van der Waals surface area (Å²) in [7, 11) is 9.56. The van der Waals surface area contributed by atoms with Crippen LogP contribution in [0.25, 0.3) is 5.57 Å². The van der Waals surface area contributed by atoms with Crippen molar-refractivity contribution in [2.24, 2.45) is 81.5 Å². The van der Waals surface area contributed by atoms with E-state index in [0.29, 0.717) is 87.6 Å². The van der Waals surface area contributed by atoms with Crippen molar-refractivity contribution in [3.8, 4) is 11.5 Å². The fourth-order valence-corrected chi connectivity index (χ4v) is 18.3.